The number of hydrogen-bond donors (Lipinski definition) is 2. The minimum Gasteiger partial charge on any atom is -0.444 e. The summed E-state index contributed by atoms with van der Waals surface area (Å²) in [4.78, 5) is 18.0. The number of nitrogens with zero attached hydrogens (tertiary/aromatic N) is 2. The Morgan fingerprint density at radius 3 is 2.66 bits per heavy atom. The van der Waals surface area contributed by atoms with Gasteiger partial charge in [-0.15, -0.1) is 0 Å². The highest BCUT2D eigenvalue weighted by atomic mass is 32.2. The van der Waals surface area contributed by atoms with Crippen molar-refractivity contribution in [2.24, 2.45) is 0 Å². The SMILES string of the molecule is CC(CN(CCCO)C(=O)OC(C)(C)C)NS(=O)(=O)c1ccc2cnccc2c1. The molecule has 0 aliphatic rings. The summed E-state index contributed by atoms with van der Waals surface area (Å²) in [6.07, 6.45) is 3.10. The number of hydrogen-bond acceptors (Lipinski definition) is 6. The Labute approximate surface area is 171 Å². The lowest BCUT2D eigenvalue weighted by atomic mass is 10.2. The largest absolute Gasteiger partial charge is 0.444 e. The van der Waals surface area contributed by atoms with Gasteiger partial charge in [0, 0.05) is 43.5 Å². The van der Waals surface area contributed by atoms with Gasteiger partial charge in [-0.2, -0.15) is 0 Å². The lowest BCUT2D eigenvalue weighted by Gasteiger charge is -2.29. The number of pyridine rings is 1. The van der Waals surface area contributed by atoms with Gasteiger partial charge in [-0.3, -0.25) is 4.98 Å². The summed E-state index contributed by atoms with van der Waals surface area (Å²) in [5, 5.41) is 10.7. The Morgan fingerprint density at radius 1 is 1.28 bits per heavy atom. The van der Waals surface area contributed by atoms with Gasteiger partial charge < -0.3 is 14.7 Å². The molecule has 9 heteroatoms. The van der Waals surface area contributed by atoms with Crippen molar-refractivity contribution in [3.63, 3.8) is 0 Å². The van der Waals surface area contributed by atoms with Crippen molar-refractivity contribution in [2.45, 2.75) is 50.7 Å². The fourth-order valence-corrected chi connectivity index (χ4v) is 4.04. The van der Waals surface area contributed by atoms with Crippen molar-refractivity contribution in [2.75, 3.05) is 19.7 Å². The van der Waals surface area contributed by atoms with Crippen molar-refractivity contribution >= 4 is 26.9 Å². The third kappa shape index (κ3) is 6.95. The van der Waals surface area contributed by atoms with Gasteiger partial charge in [0.1, 0.15) is 5.60 Å². The number of aromatic nitrogens is 1. The van der Waals surface area contributed by atoms with E-state index in [0.29, 0.717) is 6.42 Å². The molecule has 2 N–H and O–H groups in total. The molecule has 1 heterocycles. The van der Waals surface area contributed by atoms with E-state index < -0.39 is 27.8 Å². The third-order valence-electron chi connectivity index (χ3n) is 4.01. The number of aliphatic hydroxyl groups excluding tert-OH is 1. The minimum atomic E-state index is -3.78. The molecule has 0 aliphatic carbocycles. The zero-order valence-corrected chi connectivity index (χ0v) is 18.1. The zero-order chi connectivity index (χ0) is 21.7. The maximum absolute atomic E-state index is 12.8. The maximum Gasteiger partial charge on any atom is 0.410 e. The molecule has 2 aromatic rings. The van der Waals surface area contributed by atoms with Crippen molar-refractivity contribution in [1.29, 1.82) is 0 Å². The normalized spacial score (nSPS) is 13.3. The number of sulfonamides is 1. The van der Waals surface area contributed by atoms with E-state index in [2.05, 4.69) is 9.71 Å². The van der Waals surface area contributed by atoms with Gasteiger partial charge >= 0.3 is 6.09 Å². The van der Waals surface area contributed by atoms with Crippen LogP contribution >= 0.6 is 0 Å². The quantitative estimate of drug-likeness (QED) is 0.675. The molecule has 2 rings (SSSR count). The highest BCUT2D eigenvalue weighted by molar-refractivity contribution is 7.89. The first kappa shape index (κ1) is 23.1. The molecule has 0 bridgehead atoms. The van der Waals surface area contributed by atoms with E-state index >= 15 is 0 Å². The number of aliphatic hydroxyl groups is 1. The molecule has 1 unspecified atom stereocenters. The average molecular weight is 424 g/mol. The fraction of sp³-hybridized carbons (Fsp3) is 0.500. The van der Waals surface area contributed by atoms with Crippen LogP contribution in [0.5, 0.6) is 0 Å². The van der Waals surface area contributed by atoms with Crippen LogP contribution in [0.3, 0.4) is 0 Å². The molecule has 0 spiro atoms. The predicted octanol–water partition coefficient (Wildman–Crippen LogP) is 2.52. The standard InChI is InChI=1S/C20H29N3O5S/c1-15(14-23(10-5-11-24)19(25)28-20(2,3)4)22-29(26,27)18-7-6-17-13-21-9-8-16(17)12-18/h6-9,12-13,15,22,24H,5,10-11,14H2,1-4H3. The second kappa shape index (κ2) is 9.51. The van der Waals surface area contributed by atoms with Gasteiger partial charge in [-0.1, -0.05) is 6.07 Å². The van der Waals surface area contributed by atoms with Gasteiger partial charge in [0.15, 0.2) is 0 Å². The summed E-state index contributed by atoms with van der Waals surface area (Å²) in [6, 6.07) is 6.01. The second-order valence-corrected chi connectivity index (χ2v) is 9.62. The third-order valence-corrected chi connectivity index (χ3v) is 5.60. The van der Waals surface area contributed by atoms with Gasteiger partial charge in [0.2, 0.25) is 10.0 Å². The average Bonchev–Trinajstić information content (AvgIpc) is 2.62. The van der Waals surface area contributed by atoms with E-state index in [0.717, 1.165) is 10.8 Å². The molecule has 1 aromatic heterocycles. The molecule has 1 amide bonds. The van der Waals surface area contributed by atoms with Crippen LogP contribution in [0.25, 0.3) is 10.8 Å². The number of fused-ring (bicyclic) bond motifs is 1. The van der Waals surface area contributed by atoms with Crippen molar-refractivity contribution < 1.29 is 23.1 Å². The summed E-state index contributed by atoms with van der Waals surface area (Å²) in [6.45, 7) is 7.26. The molecular formula is C20H29N3O5S. The molecule has 1 aromatic carbocycles. The van der Waals surface area contributed by atoms with E-state index in [1.807, 2.05) is 0 Å². The zero-order valence-electron chi connectivity index (χ0n) is 17.3. The number of amides is 1. The molecule has 160 valence electrons. The number of carbonyl (C=O) groups is 1. The molecule has 0 saturated carbocycles. The maximum atomic E-state index is 12.8. The van der Waals surface area contributed by atoms with E-state index in [9.17, 15) is 13.2 Å². The van der Waals surface area contributed by atoms with Crippen LogP contribution in [0.15, 0.2) is 41.6 Å². The number of ether oxygens (including phenoxy) is 1. The highest BCUT2D eigenvalue weighted by Crippen LogP contribution is 2.18. The van der Waals surface area contributed by atoms with Gasteiger partial charge in [0.25, 0.3) is 0 Å². The molecule has 8 nitrogen and oxygen atoms in total. The van der Waals surface area contributed by atoms with Crippen LogP contribution in [-0.4, -0.2) is 60.8 Å². The Kier molecular flexibility index (Phi) is 7.56. The van der Waals surface area contributed by atoms with E-state index in [1.54, 1.807) is 58.3 Å². The number of rotatable bonds is 8. The monoisotopic (exact) mass is 423 g/mol. The first-order valence-corrected chi connectivity index (χ1v) is 10.9. The Morgan fingerprint density at radius 2 is 2.00 bits per heavy atom. The van der Waals surface area contributed by atoms with E-state index in [-0.39, 0.29) is 24.6 Å². The highest BCUT2D eigenvalue weighted by Gasteiger charge is 2.25. The van der Waals surface area contributed by atoms with Gasteiger partial charge in [0.05, 0.1) is 4.90 Å². The molecule has 29 heavy (non-hydrogen) atoms. The van der Waals surface area contributed by atoms with Gasteiger partial charge in [-0.05, 0) is 57.7 Å². The van der Waals surface area contributed by atoms with Crippen LogP contribution in [0, 0.1) is 0 Å². The van der Waals surface area contributed by atoms with Crippen LogP contribution in [0.4, 0.5) is 4.79 Å². The lowest BCUT2D eigenvalue weighted by Crippen LogP contribution is -2.46. The molecule has 0 aliphatic heterocycles. The topological polar surface area (TPSA) is 109 Å². The van der Waals surface area contributed by atoms with Gasteiger partial charge in [-0.25, -0.2) is 17.9 Å². The predicted molar refractivity (Wildman–Crippen MR) is 111 cm³/mol. The molecule has 0 radical (unpaired) electrons. The fourth-order valence-electron chi connectivity index (χ4n) is 2.77. The Hall–Kier alpha value is -2.23. The molecule has 0 saturated heterocycles. The van der Waals surface area contributed by atoms with Crippen molar-refractivity contribution in [3.05, 3.63) is 36.7 Å². The number of benzene rings is 1. The second-order valence-electron chi connectivity index (χ2n) is 7.91. The first-order chi connectivity index (χ1) is 13.5. The molecular weight excluding hydrogens is 394 g/mol. The summed E-state index contributed by atoms with van der Waals surface area (Å²) >= 11 is 0. The summed E-state index contributed by atoms with van der Waals surface area (Å²) in [7, 11) is -3.78. The van der Waals surface area contributed by atoms with Crippen LogP contribution in [0.1, 0.15) is 34.1 Å². The lowest BCUT2D eigenvalue weighted by molar-refractivity contribution is 0.0229. The van der Waals surface area contributed by atoms with Crippen molar-refractivity contribution in [3.8, 4) is 0 Å². The van der Waals surface area contributed by atoms with E-state index in [1.165, 1.54) is 11.0 Å². The van der Waals surface area contributed by atoms with Crippen LogP contribution in [0.2, 0.25) is 0 Å². The molecule has 0 fully saturated rings. The Balaban J connectivity index is 2.11. The van der Waals surface area contributed by atoms with Crippen LogP contribution < -0.4 is 4.72 Å². The summed E-state index contributed by atoms with van der Waals surface area (Å²) < 4.78 is 33.5. The van der Waals surface area contributed by atoms with Crippen LogP contribution in [-0.2, 0) is 14.8 Å². The van der Waals surface area contributed by atoms with E-state index in [4.69, 9.17) is 9.84 Å². The Bertz CT molecular complexity index is 941. The summed E-state index contributed by atoms with van der Waals surface area (Å²) in [5.74, 6) is 0. The summed E-state index contributed by atoms with van der Waals surface area (Å²) in [5.41, 5.74) is -0.669. The number of carbonyl (C=O) groups excluding carboxylic acids is 1. The minimum absolute atomic E-state index is 0.0780. The molecule has 1 atom stereocenters. The first-order valence-electron chi connectivity index (χ1n) is 9.47. The number of nitrogens with one attached hydrogen (secondary N) is 1. The smallest absolute Gasteiger partial charge is 0.410 e. The van der Waals surface area contributed by atoms with Crippen molar-refractivity contribution in [1.82, 2.24) is 14.6 Å².